The number of halogens is 1. The minimum absolute atomic E-state index is 0.108. The van der Waals surface area contributed by atoms with Crippen molar-refractivity contribution in [1.29, 1.82) is 0 Å². The van der Waals surface area contributed by atoms with Gasteiger partial charge in [-0.05, 0) is 36.1 Å². The van der Waals surface area contributed by atoms with Gasteiger partial charge in [-0.15, -0.1) is 0 Å². The molecule has 0 aliphatic heterocycles. The summed E-state index contributed by atoms with van der Waals surface area (Å²) in [6, 6.07) is 7.15. The number of aromatic nitrogens is 1. The highest BCUT2D eigenvalue weighted by Crippen LogP contribution is 2.21. The van der Waals surface area contributed by atoms with Gasteiger partial charge >= 0.3 is 0 Å². The molecular formula is C17H21ClN2O3. The molecule has 2 N–H and O–H groups in total. The van der Waals surface area contributed by atoms with Crippen LogP contribution in [-0.2, 0) is 11.2 Å². The predicted octanol–water partition coefficient (Wildman–Crippen LogP) is 3.06. The number of aliphatic hydroxyl groups excluding tert-OH is 1. The van der Waals surface area contributed by atoms with Crippen molar-refractivity contribution in [3.8, 4) is 11.5 Å². The summed E-state index contributed by atoms with van der Waals surface area (Å²) < 4.78 is 5.41. The van der Waals surface area contributed by atoms with E-state index in [4.69, 9.17) is 21.1 Å². The number of carbonyl (C=O) groups is 1. The Morgan fingerprint density at radius 3 is 2.70 bits per heavy atom. The first-order valence-electron chi connectivity index (χ1n) is 7.47. The van der Waals surface area contributed by atoms with Crippen LogP contribution >= 0.6 is 11.6 Å². The molecule has 23 heavy (non-hydrogen) atoms. The number of benzene rings is 1. The SMILES string of the molecule is CC(C)(CCO)CNC(=O)Cc1coc(-c2ccc(Cl)cc2)n1. The van der Waals surface area contributed by atoms with Gasteiger partial charge in [-0.3, -0.25) is 4.79 Å². The van der Waals surface area contributed by atoms with Gasteiger partial charge in [0, 0.05) is 23.7 Å². The van der Waals surface area contributed by atoms with Crippen LogP contribution in [0, 0.1) is 5.41 Å². The van der Waals surface area contributed by atoms with Crippen LogP contribution in [0.3, 0.4) is 0 Å². The normalized spacial score (nSPS) is 11.5. The number of amides is 1. The van der Waals surface area contributed by atoms with Crippen LogP contribution in [0.25, 0.3) is 11.5 Å². The molecule has 2 aromatic rings. The lowest BCUT2D eigenvalue weighted by Gasteiger charge is -2.23. The highest BCUT2D eigenvalue weighted by Gasteiger charge is 2.18. The number of hydrogen-bond acceptors (Lipinski definition) is 4. The molecule has 0 aliphatic carbocycles. The standard InChI is InChI=1S/C17H21ClN2O3/c1-17(2,7-8-21)11-19-15(22)9-14-10-23-16(20-14)12-3-5-13(18)6-4-12/h3-6,10,21H,7-9,11H2,1-2H3,(H,19,22). The Labute approximate surface area is 140 Å². The molecule has 0 saturated carbocycles. The molecule has 0 radical (unpaired) electrons. The maximum atomic E-state index is 12.0. The maximum absolute atomic E-state index is 12.0. The quantitative estimate of drug-likeness (QED) is 0.814. The number of carbonyl (C=O) groups excluding carboxylic acids is 1. The molecule has 0 unspecified atom stereocenters. The number of aliphatic hydroxyl groups is 1. The van der Waals surface area contributed by atoms with E-state index in [-0.39, 0.29) is 24.3 Å². The molecule has 6 heteroatoms. The predicted molar refractivity (Wildman–Crippen MR) is 89.1 cm³/mol. The van der Waals surface area contributed by atoms with Crippen molar-refractivity contribution in [3.63, 3.8) is 0 Å². The van der Waals surface area contributed by atoms with Crippen molar-refractivity contribution in [3.05, 3.63) is 41.2 Å². The van der Waals surface area contributed by atoms with Gasteiger partial charge in [0.1, 0.15) is 6.26 Å². The van der Waals surface area contributed by atoms with Crippen molar-refractivity contribution in [2.24, 2.45) is 5.41 Å². The first-order chi connectivity index (χ1) is 10.9. The van der Waals surface area contributed by atoms with Crippen molar-refractivity contribution in [2.45, 2.75) is 26.7 Å². The van der Waals surface area contributed by atoms with Crippen molar-refractivity contribution >= 4 is 17.5 Å². The van der Waals surface area contributed by atoms with Gasteiger partial charge in [-0.1, -0.05) is 25.4 Å². The van der Waals surface area contributed by atoms with Crippen LogP contribution < -0.4 is 5.32 Å². The van der Waals surface area contributed by atoms with Gasteiger partial charge < -0.3 is 14.8 Å². The Bertz CT molecular complexity index is 650. The summed E-state index contributed by atoms with van der Waals surface area (Å²) in [7, 11) is 0. The minimum atomic E-state index is -0.136. The second-order valence-electron chi connectivity index (χ2n) is 6.24. The van der Waals surface area contributed by atoms with E-state index in [0.717, 1.165) is 5.56 Å². The number of rotatable bonds is 7. The molecule has 124 valence electrons. The van der Waals surface area contributed by atoms with E-state index in [1.54, 1.807) is 12.1 Å². The van der Waals surface area contributed by atoms with Gasteiger partial charge in [0.25, 0.3) is 0 Å². The van der Waals surface area contributed by atoms with E-state index in [9.17, 15) is 4.79 Å². The lowest BCUT2D eigenvalue weighted by Crippen LogP contribution is -2.35. The monoisotopic (exact) mass is 336 g/mol. The van der Waals surface area contributed by atoms with E-state index in [0.29, 0.717) is 29.6 Å². The lowest BCUT2D eigenvalue weighted by atomic mass is 9.90. The molecule has 0 fully saturated rings. The Morgan fingerprint density at radius 1 is 1.35 bits per heavy atom. The van der Waals surface area contributed by atoms with Crippen molar-refractivity contribution < 1.29 is 14.3 Å². The first-order valence-corrected chi connectivity index (χ1v) is 7.85. The molecule has 2 rings (SSSR count). The smallest absolute Gasteiger partial charge is 0.226 e. The Hall–Kier alpha value is -1.85. The Balaban J connectivity index is 1.91. The van der Waals surface area contributed by atoms with Gasteiger partial charge in [0.2, 0.25) is 11.8 Å². The third-order valence-corrected chi connectivity index (χ3v) is 3.79. The third-order valence-electron chi connectivity index (χ3n) is 3.54. The Kier molecular flexibility index (Phi) is 5.80. The number of nitrogens with zero attached hydrogens (tertiary/aromatic N) is 1. The molecule has 1 amide bonds. The van der Waals surface area contributed by atoms with Crippen molar-refractivity contribution in [2.75, 3.05) is 13.2 Å². The maximum Gasteiger partial charge on any atom is 0.226 e. The molecule has 0 spiro atoms. The fraction of sp³-hybridized carbons (Fsp3) is 0.412. The van der Waals surface area contributed by atoms with E-state index in [2.05, 4.69) is 10.3 Å². The molecule has 0 aliphatic rings. The average molecular weight is 337 g/mol. The molecule has 1 aromatic carbocycles. The van der Waals surface area contributed by atoms with Crippen LogP contribution in [0.1, 0.15) is 26.0 Å². The fourth-order valence-corrected chi connectivity index (χ4v) is 2.20. The number of hydrogen-bond donors (Lipinski definition) is 2. The minimum Gasteiger partial charge on any atom is -0.444 e. The highest BCUT2D eigenvalue weighted by atomic mass is 35.5. The summed E-state index contributed by atoms with van der Waals surface area (Å²) in [6.45, 7) is 4.61. The van der Waals surface area contributed by atoms with Crippen LogP contribution in [0.4, 0.5) is 0 Å². The zero-order valence-electron chi connectivity index (χ0n) is 13.3. The molecule has 0 atom stereocenters. The van der Waals surface area contributed by atoms with Crippen LogP contribution in [0.5, 0.6) is 0 Å². The van der Waals surface area contributed by atoms with Crippen LogP contribution in [0.15, 0.2) is 34.9 Å². The second kappa shape index (κ2) is 7.62. The summed E-state index contributed by atoms with van der Waals surface area (Å²) in [5, 5.41) is 12.5. The summed E-state index contributed by atoms with van der Waals surface area (Å²) in [5.41, 5.74) is 1.25. The molecule has 1 heterocycles. The lowest BCUT2D eigenvalue weighted by molar-refractivity contribution is -0.121. The largest absolute Gasteiger partial charge is 0.444 e. The number of oxazole rings is 1. The summed E-state index contributed by atoms with van der Waals surface area (Å²) in [6.07, 6.45) is 2.28. The van der Waals surface area contributed by atoms with Crippen molar-refractivity contribution in [1.82, 2.24) is 10.3 Å². The van der Waals surface area contributed by atoms with Crippen LogP contribution in [0.2, 0.25) is 5.02 Å². The fourth-order valence-electron chi connectivity index (χ4n) is 2.07. The second-order valence-corrected chi connectivity index (χ2v) is 6.68. The summed E-state index contributed by atoms with van der Waals surface area (Å²) in [5.74, 6) is 0.344. The zero-order valence-corrected chi connectivity index (χ0v) is 14.1. The number of nitrogens with one attached hydrogen (secondary N) is 1. The molecule has 5 nitrogen and oxygen atoms in total. The van der Waals surface area contributed by atoms with E-state index in [1.165, 1.54) is 6.26 Å². The molecule has 0 bridgehead atoms. The topological polar surface area (TPSA) is 75.4 Å². The van der Waals surface area contributed by atoms with Gasteiger partial charge in [-0.2, -0.15) is 0 Å². The van der Waals surface area contributed by atoms with Gasteiger partial charge in [-0.25, -0.2) is 4.98 Å². The highest BCUT2D eigenvalue weighted by molar-refractivity contribution is 6.30. The van der Waals surface area contributed by atoms with Gasteiger partial charge in [0.15, 0.2) is 0 Å². The summed E-state index contributed by atoms with van der Waals surface area (Å²) >= 11 is 5.85. The Morgan fingerprint density at radius 2 is 2.04 bits per heavy atom. The zero-order chi connectivity index (χ0) is 16.9. The van der Waals surface area contributed by atoms with Crippen LogP contribution in [-0.4, -0.2) is 29.1 Å². The van der Waals surface area contributed by atoms with E-state index >= 15 is 0 Å². The molecule has 1 aromatic heterocycles. The summed E-state index contributed by atoms with van der Waals surface area (Å²) in [4.78, 5) is 16.3. The van der Waals surface area contributed by atoms with E-state index in [1.807, 2.05) is 26.0 Å². The molecular weight excluding hydrogens is 316 g/mol. The average Bonchev–Trinajstić information content (AvgIpc) is 2.94. The van der Waals surface area contributed by atoms with E-state index < -0.39 is 0 Å². The molecule has 0 saturated heterocycles. The third kappa shape index (κ3) is 5.37. The first kappa shape index (κ1) is 17.5. The van der Waals surface area contributed by atoms with Gasteiger partial charge in [0.05, 0.1) is 12.1 Å².